The van der Waals surface area contributed by atoms with Gasteiger partial charge in [0.15, 0.2) is 0 Å². The zero-order chi connectivity index (χ0) is 35.2. The van der Waals surface area contributed by atoms with Crippen molar-refractivity contribution in [3.05, 3.63) is 41.0 Å². The van der Waals surface area contributed by atoms with Gasteiger partial charge >= 0.3 is 5.97 Å². The Bertz CT molecular complexity index is 1430. The molecule has 0 spiro atoms. The van der Waals surface area contributed by atoms with Crippen LogP contribution in [0.3, 0.4) is 0 Å². The number of carbonyl (C=O) groups is 4. The van der Waals surface area contributed by atoms with Crippen LogP contribution >= 0.6 is 11.3 Å². The number of β-amino-alcohol motifs (C(OH)–C–C–N with tert-alkyl or cyclic N) is 1. The molecule has 11 nitrogen and oxygen atoms in total. The maximum Gasteiger partial charge on any atom is 0.306 e. The van der Waals surface area contributed by atoms with E-state index in [0.29, 0.717) is 32.5 Å². The highest BCUT2D eigenvalue weighted by atomic mass is 32.1. The van der Waals surface area contributed by atoms with E-state index in [0.717, 1.165) is 34.5 Å². The molecule has 1 aromatic heterocycles. The average molecular weight is 684 g/mol. The Morgan fingerprint density at radius 2 is 1.75 bits per heavy atom. The number of ether oxygens (including phenoxy) is 1. The number of nitrogens with one attached hydrogen (secondary N) is 2. The van der Waals surface area contributed by atoms with E-state index in [-0.39, 0.29) is 49.1 Å². The van der Waals surface area contributed by atoms with Gasteiger partial charge < -0.3 is 25.4 Å². The maximum absolute atomic E-state index is 13.8. The van der Waals surface area contributed by atoms with Gasteiger partial charge in [0.1, 0.15) is 11.6 Å². The summed E-state index contributed by atoms with van der Waals surface area (Å²) in [7, 11) is 0. The summed E-state index contributed by atoms with van der Waals surface area (Å²) < 4.78 is 5.45. The topological polar surface area (TPSA) is 141 Å². The molecule has 3 heterocycles. The number of amides is 3. The molecule has 3 amide bonds. The average Bonchev–Trinajstić information content (AvgIpc) is 3.62. The lowest BCUT2D eigenvalue weighted by Gasteiger charge is -2.37. The van der Waals surface area contributed by atoms with E-state index in [1.165, 1.54) is 4.90 Å². The Morgan fingerprint density at radius 1 is 1.08 bits per heavy atom. The van der Waals surface area contributed by atoms with Crippen LogP contribution in [-0.2, 0) is 30.3 Å². The standard InChI is InChI=1S/C36H53N5O6S/c1-23-32(48-22-38-23)27-10-8-25(9-11-27)12-15-37-33(45)29-19-28(42)20-41(29)34(46)36(6,7)24(2)39-30(43)21-40-16-13-26(14-17-40)18-31(44)47-35(3,4)5/h8-11,22,24,26,28-29,42H,12-21H2,1-7H3,(H,37,45)(H,39,43)/t24-,28+,29-/m0/s1. The number of hydrogen-bond donors (Lipinski definition) is 3. The first kappa shape index (κ1) is 37.5. The van der Waals surface area contributed by atoms with Crippen LogP contribution in [0.1, 0.15) is 78.5 Å². The minimum atomic E-state index is -1.02. The van der Waals surface area contributed by atoms with E-state index >= 15 is 0 Å². The second-order valence-electron chi connectivity index (χ2n) is 14.9. The number of esters is 1. The summed E-state index contributed by atoms with van der Waals surface area (Å²) in [5.74, 6) is -0.710. The van der Waals surface area contributed by atoms with Gasteiger partial charge in [0, 0.05) is 32.0 Å². The van der Waals surface area contributed by atoms with Crippen molar-refractivity contribution in [2.75, 3.05) is 32.7 Å². The summed E-state index contributed by atoms with van der Waals surface area (Å²) in [5, 5.41) is 16.4. The molecular formula is C36H53N5O6S. The Labute approximate surface area is 288 Å². The third kappa shape index (κ3) is 10.1. The van der Waals surface area contributed by atoms with E-state index < -0.39 is 29.2 Å². The van der Waals surface area contributed by atoms with Crippen molar-refractivity contribution < 1.29 is 29.0 Å². The van der Waals surface area contributed by atoms with Crippen molar-refractivity contribution in [2.45, 2.75) is 104 Å². The van der Waals surface area contributed by atoms with Gasteiger partial charge in [-0.1, -0.05) is 24.3 Å². The van der Waals surface area contributed by atoms with Crippen LogP contribution in [0, 0.1) is 18.3 Å². The molecule has 4 rings (SSSR count). The number of likely N-dealkylation sites (tertiary alicyclic amines) is 2. The van der Waals surface area contributed by atoms with Gasteiger partial charge in [-0.05, 0) is 97.9 Å². The van der Waals surface area contributed by atoms with Gasteiger partial charge in [0.05, 0.1) is 34.1 Å². The molecule has 48 heavy (non-hydrogen) atoms. The van der Waals surface area contributed by atoms with Crippen molar-refractivity contribution in [3.8, 4) is 10.4 Å². The highest BCUT2D eigenvalue weighted by molar-refractivity contribution is 7.13. The predicted octanol–water partition coefficient (Wildman–Crippen LogP) is 3.71. The minimum Gasteiger partial charge on any atom is -0.460 e. The third-order valence-corrected chi connectivity index (χ3v) is 10.5. The van der Waals surface area contributed by atoms with Crippen LogP contribution in [0.5, 0.6) is 0 Å². The smallest absolute Gasteiger partial charge is 0.306 e. The van der Waals surface area contributed by atoms with Crippen molar-refractivity contribution in [1.29, 1.82) is 0 Å². The first-order chi connectivity index (χ1) is 22.5. The first-order valence-electron chi connectivity index (χ1n) is 17.0. The number of carbonyl (C=O) groups excluding carboxylic acids is 4. The number of aliphatic hydroxyl groups excluding tert-OH is 1. The summed E-state index contributed by atoms with van der Waals surface area (Å²) in [4.78, 5) is 61.3. The Balaban J connectivity index is 1.23. The summed E-state index contributed by atoms with van der Waals surface area (Å²) in [5.41, 5.74) is 3.52. The van der Waals surface area contributed by atoms with Crippen molar-refractivity contribution in [1.82, 2.24) is 25.4 Å². The first-order valence-corrected chi connectivity index (χ1v) is 17.9. The van der Waals surface area contributed by atoms with Crippen molar-refractivity contribution in [3.63, 3.8) is 0 Å². The Kier molecular flexibility index (Phi) is 12.4. The van der Waals surface area contributed by atoms with Crippen LogP contribution in [0.25, 0.3) is 10.4 Å². The summed E-state index contributed by atoms with van der Waals surface area (Å²) in [6, 6.07) is 6.91. The zero-order valence-corrected chi connectivity index (χ0v) is 30.3. The molecule has 2 aromatic rings. The Hall–Kier alpha value is -3.35. The summed E-state index contributed by atoms with van der Waals surface area (Å²) >= 11 is 1.61. The van der Waals surface area contributed by atoms with Crippen molar-refractivity contribution >= 4 is 35.0 Å². The normalized spacial score (nSPS) is 20.0. The molecule has 0 aliphatic carbocycles. The molecule has 0 radical (unpaired) electrons. The molecule has 2 aliphatic heterocycles. The van der Waals surface area contributed by atoms with Gasteiger partial charge in [0.2, 0.25) is 17.7 Å². The predicted molar refractivity (Wildman–Crippen MR) is 186 cm³/mol. The molecular weight excluding hydrogens is 630 g/mol. The number of benzene rings is 1. The molecule has 0 bridgehead atoms. The molecule has 2 saturated heterocycles. The van der Waals surface area contributed by atoms with Gasteiger partial charge in [-0.15, -0.1) is 11.3 Å². The summed E-state index contributed by atoms with van der Waals surface area (Å²) in [6.07, 6.45) is 2.01. The molecule has 2 aliphatic rings. The lowest BCUT2D eigenvalue weighted by Crippen LogP contribution is -2.56. The lowest BCUT2D eigenvalue weighted by atomic mass is 9.83. The molecule has 1 aromatic carbocycles. The van der Waals surface area contributed by atoms with E-state index in [4.69, 9.17) is 4.74 Å². The lowest BCUT2D eigenvalue weighted by molar-refractivity contribution is -0.156. The van der Waals surface area contributed by atoms with E-state index in [1.807, 2.05) is 45.3 Å². The fourth-order valence-corrected chi connectivity index (χ4v) is 7.14. The minimum absolute atomic E-state index is 0.0672. The molecule has 12 heteroatoms. The van der Waals surface area contributed by atoms with Crippen LogP contribution in [-0.4, -0.2) is 100 Å². The van der Waals surface area contributed by atoms with Crippen LogP contribution in [0.2, 0.25) is 0 Å². The quantitative estimate of drug-likeness (QED) is 0.288. The number of aliphatic hydroxyl groups is 1. The SMILES string of the molecule is Cc1ncsc1-c1ccc(CCNC(=O)[C@@H]2C[C@@H](O)CN2C(=O)C(C)(C)[C@H](C)NC(=O)CN2CCC(CC(=O)OC(C)(C)C)CC2)cc1. The second-order valence-corrected chi connectivity index (χ2v) is 15.7. The third-order valence-electron chi connectivity index (χ3n) is 9.48. The highest BCUT2D eigenvalue weighted by Crippen LogP contribution is 2.30. The molecule has 3 atom stereocenters. The van der Waals surface area contributed by atoms with Crippen LogP contribution in [0.4, 0.5) is 0 Å². The maximum atomic E-state index is 13.8. The number of nitrogens with zero attached hydrogens (tertiary/aromatic N) is 3. The molecule has 3 N–H and O–H groups in total. The molecule has 264 valence electrons. The summed E-state index contributed by atoms with van der Waals surface area (Å²) in [6.45, 7) is 15.0. The van der Waals surface area contributed by atoms with E-state index in [1.54, 1.807) is 32.1 Å². The Morgan fingerprint density at radius 3 is 2.35 bits per heavy atom. The molecule has 0 saturated carbocycles. The number of thiazole rings is 1. The molecule has 0 unspecified atom stereocenters. The largest absolute Gasteiger partial charge is 0.460 e. The number of aryl methyl sites for hydroxylation is 1. The van der Waals surface area contributed by atoms with E-state index in [2.05, 4.69) is 32.7 Å². The van der Waals surface area contributed by atoms with E-state index in [9.17, 15) is 24.3 Å². The van der Waals surface area contributed by atoms with Gasteiger partial charge in [-0.25, -0.2) is 4.98 Å². The van der Waals surface area contributed by atoms with Gasteiger partial charge in [-0.2, -0.15) is 0 Å². The number of hydrogen-bond acceptors (Lipinski definition) is 9. The second kappa shape index (κ2) is 15.9. The van der Waals surface area contributed by atoms with Gasteiger partial charge in [-0.3, -0.25) is 24.1 Å². The number of piperidine rings is 1. The number of rotatable bonds is 12. The fourth-order valence-electron chi connectivity index (χ4n) is 6.33. The number of aromatic nitrogens is 1. The van der Waals surface area contributed by atoms with Gasteiger partial charge in [0.25, 0.3) is 0 Å². The highest BCUT2D eigenvalue weighted by Gasteiger charge is 2.46. The molecule has 2 fully saturated rings. The van der Waals surface area contributed by atoms with Crippen molar-refractivity contribution in [2.24, 2.45) is 11.3 Å². The monoisotopic (exact) mass is 683 g/mol. The zero-order valence-electron chi connectivity index (χ0n) is 29.5. The van der Waals surface area contributed by atoms with Crippen LogP contribution < -0.4 is 10.6 Å². The van der Waals surface area contributed by atoms with Crippen LogP contribution in [0.15, 0.2) is 29.8 Å². The fraction of sp³-hybridized carbons (Fsp3) is 0.639.